The Labute approximate surface area is 102 Å². The fraction of sp³-hybridized carbons (Fsp3) is 0.400. The van der Waals surface area contributed by atoms with Crippen LogP contribution >= 0.6 is 21.6 Å². The van der Waals surface area contributed by atoms with Crippen molar-refractivity contribution in [1.29, 1.82) is 0 Å². The average Bonchev–Trinajstić information content (AvgIpc) is 2.27. The van der Waals surface area contributed by atoms with E-state index in [2.05, 4.69) is 13.2 Å². The lowest BCUT2D eigenvalue weighted by Gasteiger charge is -2.47. The van der Waals surface area contributed by atoms with Crippen molar-refractivity contribution in [1.82, 2.24) is 9.80 Å². The zero-order valence-electron chi connectivity index (χ0n) is 8.67. The van der Waals surface area contributed by atoms with Crippen molar-refractivity contribution >= 4 is 33.4 Å². The van der Waals surface area contributed by atoms with Crippen LogP contribution in [0.15, 0.2) is 25.3 Å². The van der Waals surface area contributed by atoms with Crippen molar-refractivity contribution in [2.24, 2.45) is 0 Å². The Kier molecular flexibility index (Phi) is 3.30. The lowest BCUT2D eigenvalue weighted by Crippen LogP contribution is -2.65. The molecule has 3 saturated heterocycles. The van der Waals surface area contributed by atoms with Gasteiger partial charge in [-0.1, -0.05) is 33.7 Å². The summed E-state index contributed by atoms with van der Waals surface area (Å²) in [7, 11) is 2.90. The molecule has 6 heteroatoms. The van der Waals surface area contributed by atoms with Crippen LogP contribution in [0.4, 0.5) is 0 Å². The van der Waals surface area contributed by atoms with Gasteiger partial charge in [-0.3, -0.25) is 9.59 Å². The van der Waals surface area contributed by atoms with Crippen LogP contribution in [0.2, 0.25) is 0 Å². The molecule has 2 atom stereocenters. The maximum atomic E-state index is 12.0. The zero-order valence-corrected chi connectivity index (χ0v) is 10.3. The standard InChI is InChI=1S/C10H12N2O2S2/c1-3-5-11-7(13)10-12(6-4-2)8(14)9(11)15-16-10/h3-4,9-10H,1-2,5-6H2/t9-,10-/m1/s1. The monoisotopic (exact) mass is 256 g/mol. The Bertz CT molecular complexity index is 325. The van der Waals surface area contributed by atoms with Gasteiger partial charge in [-0.05, 0) is 0 Å². The highest BCUT2D eigenvalue weighted by Gasteiger charge is 2.51. The first-order valence-corrected chi connectivity index (χ1v) is 7.13. The highest BCUT2D eigenvalue weighted by molar-refractivity contribution is 8.77. The second-order valence-electron chi connectivity index (χ2n) is 3.46. The second-order valence-corrected chi connectivity index (χ2v) is 5.89. The van der Waals surface area contributed by atoms with Crippen molar-refractivity contribution in [2.45, 2.75) is 10.7 Å². The molecular weight excluding hydrogens is 244 g/mol. The zero-order chi connectivity index (χ0) is 11.7. The van der Waals surface area contributed by atoms with Crippen molar-refractivity contribution in [3.63, 3.8) is 0 Å². The van der Waals surface area contributed by atoms with Crippen molar-refractivity contribution in [3.8, 4) is 0 Å². The predicted octanol–water partition coefficient (Wildman–Crippen LogP) is 1.08. The summed E-state index contributed by atoms with van der Waals surface area (Å²) in [6.07, 6.45) is 3.30. The van der Waals surface area contributed by atoms with Gasteiger partial charge in [-0.2, -0.15) is 0 Å². The number of piperazine rings is 1. The first kappa shape index (κ1) is 11.6. The molecule has 3 rings (SSSR count). The summed E-state index contributed by atoms with van der Waals surface area (Å²) in [5, 5.41) is -0.805. The van der Waals surface area contributed by atoms with E-state index < -0.39 is 10.7 Å². The molecule has 3 heterocycles. The van der Waals surface area contributed by atoms with Gasteiger partial charge in [0.05, 0.1) is 0 Å². The molecule has 3 fully saturated rings. The van der Waals surface area contributed by atoms with E-state index in [-0.39, 0.29) is 11.8 Å². The molecule has 0 aromatic rings. The molecule has 16 heavy (non-hydrogen) atoms. The molecule has 2 amide bonds. The maximum Gasteiger partial charge on any atom is 0.258 e. The second kappa shape index (κ2) is 4.55. The average molecular weight is 256 g/mol. The number of nitrogens with zero attached hydrogens (tertiary/aromatic N) is 2. The molecule has 0 N–H and O–H groups in total. The molecule has 0 radical (unpaired) electrons. The quantitative estimate of drug-likeness (QED) is 0.557. The largest absolute Gasteiger partial charge is 0.315 e. The van der Waals surface area contributed by atoms with Crippen LogP contribution in [0.1, 0.15) is 0 Å². The van der Waals surface area contributed by atoms with Crippen LogP contribution in [0, 0.1) is 0 Å². The van der Waals surface area contributed by atoms with Crippen LogP contribution in [0.5, 0.6) is 0 Å². The number of hydrogen-bond donors (Lipinski definition) is 0. The Morgan fingerprint density at radius 3 is 1.69 bits per heavy atom. The number of amides is 2. The van der Waals surface area contributed by atoms with Gasteiger partial charge in [0.2, 0.25) is 0 Å². The van der Waals surface area contributed by atoms with Crippen LogP contribution in [0.25, 0.3) is 0 Å². The first-order valence-electron chi connectivity index (χ1n) is 4.85. The number of hydrogen-bond acceptors (Lipinski definition) is 4. The van der Waals surface area contributed by atoms with Crippen LogP contribution in [-0.2, 0) is 9.59 Å². The third kappa shape index (κ3) is 1.66. The minimum atomic E-state index is -0.402. The van der Waals surface area contributed by atoms with Crippen molar-refractivity contribution < 1.29 is 9.59 Å². The van der Waals surface area contributed by atoms with E-state index in [4.69, 9.17) is 0 Å². The van der Waals surface area contributed by atoms with Gasteiger partial charge >= 0.3 is 0 Å². The summed E-state index contributed by atoms with van der Waals surface area (Å²) in [5.41, 5.74) is 0. The van der Waals surface area contributed by atoms with E-state index >= 15 is 0 Å². The summed E-state index contributed by atoms with van der Waals surface area (Å²) in [6.45, 7) is 8.07. The third-order valence-corrected chi connectivity index (χ3v) is 5.26. The third-order valence-electron chi connectivity index (χ3n) is 2.44. The van der Waals surface area contributed by atoms with E-state index in [9.17, 15) is 9.59 Å². The highest BCUT2D eigenvalue weighted by Crippen LogP contribution is 2.46. The Hall–Kier alpha value is -0.880. The lowest BCUT2D eigenvalue weighted by atomic mass is 10.2. The van der Waals surface area contributed by atoms with Gasteiger partial charge in [-0.15, -0.1) is 13.2 Å². The Morgan fingerprint density at radius 2 is 1.38 bits per heavy atom. The van der Waals surface area contributed by atoms with E-state index in [0.717, 1.165) is 0 Å². The van der Waals surface area contributed by atoms with Crippen LogP contribution in [0.3, 0.4) is 0 Å². The maximum absolute atomic E-state index is 12.0. The molecule has 3 aliphatic heterocycles. The summed E-state index contributed by atoms with van der Waals surface area (Å²) in [6, 6.07) is 0. The van der Waals surface area contributed by atoms with Crippen molar-refractivity contribution in [3.05, 3.63) is 25.3 Å². The molecule has 86 valence electrons. The van der Waals surface area contributed by atoms with E-state index in [0.29, 0.717) is 13.1 Å². The molecule has 0 unspecified atom stereocenters. The number of carbonyl (C=O) groups is 2. The molecule has 0 aliphatic carbocycles. The summed E-state index contributed by atoms with van der Waals surface area (Å²) >= 11 is 0. The van der Waals surface area contributed by atoms with Gasteiger partial charge in [0.1, 0.15) is 0 Å². The number of carbonyl (C=O) groups excluding carboxylic acids is 2. The summed E-state index contributed by atoms with van der Waals surface area (Å²) < 4.78 is 0. The van der Waals surface area contributed by atoms with E-state index in [1.807, 2.05) is 0 Å². The van der Waals surface area contributed by atoms with Gasteiger partial charge in [0, 0.05) is 13.1 Å². The summed E-state index contributed by atoms with van der Waals surface area (Å²) in [4.78, 5) is 27.2. The fourth-order valence-electron chi connectivity index (χ4n) is 1.72. The molecule has 4 nitrogen and oxygen atoms in total. The lowest BCUT2D eigenvalue weighted by molar-refractivity contribution is -0.152. The minimum Gasteiger partial charge on any atom is -0.315 e. The first-order chi connectivity index (χ1) is 7.70. The molecule has 0 aromatic carbocycles. The fourth-order valence-corrected chi connectivity index (χ4v) is 4.70. The van der Waals surface area contributed by atoms with Gasteiger partial charge < -0.3 is 9.80 Å². The molecule has 0 spiro atoms. The molecule has 3 aliphatic rings. The van der Waals surface area contributed by atoms with E-state index in [1.165, 1.54) is 21.6 Å². The SMILES string of the molecule is C=CCN1C(=O)[C@H]2SS[C@@H]1C(=O)N2CC=C. The molecular formula is C10H12N2O2S2. The van der Waals surface area contributed by atoms with Gasteiger partial charge in [0.25, 0.3) is 11.8 Å². The van der Waals surface area contributed by atoms with Crippen LogP contribution < -0.4 is 0 Å². The molecule has 0 saturated carbocycles. The highest BCUT2D eigenvalue weighted by atomic mass is 33.1. The number of fused-ring (bicyclic) bond motifs is 3. The van der Waals surface area contributed by atoms with Crippen LogP contribution in [-0.4, -0.2) is 45.5 Å². The number of rotatable bonds is 4. The van der Waals surface area contributed by atoms with Gasteiger partial charge in [-0.25, -0.2) is 0 Å². The smallest absolute Gasteiger partial charge is 0.258 e. The van der Waals surface area contributed by atoms with E-state index in [1.54, 1.807) is 22.0 Å². The Balaban J connectivity index is 2.24. The van der Waals surface area contributed by atoms with Crippen molar-refractivity contribution in [2.75, 3.05) is 13.1 Å². The normalized spacial score (nSPS) is 28.5. The van der Waals surface area contributed by atoms with Gasteiger partial charge in [0.15, 0.2) is 10.7 Å². The topological polar surface area (TPSA) is 40.6 Å². The Morgan fingerprint density at radius 1 is 1.00 bits per heavy atom. The predicted molar refractivity (Wildman–Crippen MR) is 66.6 cm³/mol. The minimum absolute atomic E-state index is 0.00454. The molecule has 2 bridgehead atoms. The summed E-state index contributed by atoms with van der Waals surface area (Å²) in [5.74, 6) is -0.00907. The molecule has 0 aromatic heterocycles.